The van der Waals surface area contributed by atoms with Gasteiger partial charge in [0.05, 0.1) is 5.30 Å². The Hall–Kier alpha value is -0.700. The van der Waals surface area contributed by atoms with Gasteiger partial charge >= 0.3 is 7.60 Å². The van der Waals surface area contributed by atoms with Gasteiger partial charge in [0.2, 0.25) is 0 Å². The lowest BCUT2D eigenvalue weighted by atomic mass is 10.4. The molecule has 11 heavy (non-hydrogen) atoms. The maximum Gasteiger partial charge on any atom is 0.356 e. The molecule has 1 aromatic carbocycles. The van der Waals surface area contributed by atoms with E-state index in [1.165, 1.54) is 0 Å². The van der Waals surface area contributed by atoms with E-state index in [0.29, 0.717) is 0 Å². The lowest BCUT2D eigenvalue weighted by Gasteiger charge is -2.01. The Kier molecular flexibility index (Phi) is 2.09. The van der Waals surface area contributed by atoms with Crippen molar-refractivity contribution < 1.29 is 18.7 Å². The molecule has 0 saturated heterocycles. The molecular formula is C6H6FO3P. The molecule has 0 bridgehead atoms. The molecule has 0 aromatic heterocycles. The number of benzene rings is 1. The lowest BCUT2D eigenvalue weighted by Crippen LogP contribution is -2.02. The Labute approximate surface area is 62.6 Å². The molecule has 0 aliphatic rings. The summed E-state index contributed by atoms with van der Waals surface area (Å²) in [4.78, 5) is 17.1. The molecule has 1 aromatic rings. The van der Waals surface area contributed by atoms with Crippen LogP contribution >= 0.6 is 7.60 Å². The van der Waals surface area contributed by atoms with E-state index in [4.69, 9.17) is 9.79 Å². The molecule has 0 fully saturated rings. The van der Waals surface area contributed by atoms with E-state index in [0.717, 1.165) is 24.3 Å². The summed E-state index contributed by atoms with van der Waals surface area (Å²) in [6, 6.07) is 4.15. The highest BCUT2D eigenvalue weighted by atomic mass is 31.2. The Bertz CT molecular complexity index is 289. The second-order valence-corrected chi connectivity index (χ2v) is 3.62. The molecule has 0 saturated carbocycles. The lowest BCUT2D eigenvalue weighted by molar-refractivity contribution is 0.387. The van der Waals surface area contributed by atoms with Crippen molar-refractivity contribution in [3.63, 3.8) is 0 Å². The Morgan fingerprint density at radius 2 is 1.64 bits per heavy atom. The van der Waals surface area contributed by atoms with Gasteiger partial charge in [-0.1, -0.05) is 0 Å². The molecule has 0 atom stereocenters. The van der Waals surface area contributed by atoms with Crippen molar-refractivity contribution in [2.24, 2.45) is 0 Å². The summed E-state index contributed by atoms with van der Waals surface area (Å²) in [6.45, 7) is 0. The predicted octanol–water partition coefficient (Wildman–Crippen LogP) is 0.629. The highest BCUT2D eigenvalue weighted by Gasteiger charge is 2.15. The molecule has 60 valence electrons. The Balaban J connectivity index is 3.09. The summed E-state index contributed by atoms with van der Waals surface area (Å²) in [5.74, 6) is -0.512. The van der Waals surface area contributed by atoms with Crippen molar-refractivity contribution in [3.05, 3.63) is 30.1 Å². The molecule has 0 heterocycles. The van der Waals surface area contributed by atoms with Crippen molar-refractivity contribution in [3.8, 4) is 0 Å². The van der Waals surface area contributed by atoms with Gasteiger partial charge < -0.3 is 9.79 Å². The van der Waals surface area contributed by atoms with Crippen LogP contribution < -0.4 is 5.30 Å². The van der Waals surface area contributed by atoms with E-state index in [-0.39, 0.29) is 5.30 Å². The molecule has 0 aliphatic carbocycles. The fourth-order valence-corrected chi connectivity index (χ4v) is 1.17. The van der Waals surface area contributed by atoms with Crippen LogP contribution in [0.4, 0.5) is 4.39 Å². The molecule has 0 aliphatic heterocycles. The van der Waals surface area contributed by atoms with Gasteiger partial charge in [0.1, 0.15) is 5.82 Å². The summed E-state index contributed by atoms with van der Waals surface area (Å²) in [5.41, 5.74) is 0. The third kappa shape index (κ3) is 2.12. The Morgan fingerprint density at radius 1 is 1.18 bits per heavy atom. The minimum Gasteiger partial charge on any atom is -0.321 e. The van der Waals surface area contributed by atoms with Crippen molar-refractivity contribution in [1.29, 1.82) is 0 Å². The average molecular weight is 176 g/mol. The molecule has 0 spiro atoms. The first-order chi connectivity index (χ1) is 5.00. The zero-order valence-electron chi connectivity index (χ0n) is 5.44. The van der Waals surface area contributed by atoms with Crippen molar-refractivity contribution in [2.45, 2.75) is 0 Å². The van der Waals surface area contributed by atoms with Crippen LogP contribution in [0.3, 0.4) is 0 Å². The largest absolute Gasteiger partial charge is 0.356 e. The van der Waals surface area contributed by atoms with E-state index >= 15 is 0 Å². The van der Waals surface area contributed by atoms with E-state index in [1.54, 1.807) is 0 Å². The first kappa shape index (κ1) is 8.40. The first-order valence-corrected chi connectivity index (χ1v) is 4.43. The number of halogens is 1. The van der Waals surface area contributed by atoms with Gasteiger partial charge in [0, 0.05) is 0 Å². The smallest absolute Gasteiger partial charge is 0.321 e. The monoisotopic (exact) mass is 176 g/mol. The van der Waals surface area contributed by atoms with Crippen molar-refractivity contribution >= 4 is 12.9 Å². The second kappa shape index (κ2) is 2.74. The quantitative estimate of drug-likeness (QED) is 0.617. The van der Waals surface area contributed by atoms with Crippen LogP contribution in [0.2, 0.25) is 0 Å². The van der Waals surface area contributed by atoms with E-state index in [1.807, 2.05) is 0 Å². The topological polar surface area (TPSA) is 57.5 Å². The van der Waals surface area contributed by atoms with Crippen LogP contribution in [0.5, 0.6) is 0 Å². The number of hydrogen-bond acceptors (Lipinski definition) is 1. The van der Waals surface area contributed by atoms with Crippen LogP contribution in [-0.2, 0) is 4.57 Å². The minimum atomic E-state index is -4.20. The average Bonchev–Trinajstić information content (AvgIpc) is 1.86. The van der Waals surface area contributed by atoms with Crippen LogP contribution in [0.15, 0.2) is 24.3 Å². The molecule has 5 heteroatoms. The van der Waals surface area contributed by atoms with Gasteiger partial charge in [-0.3, -0.25) is 4.57 Å². The van der Waals surface area contributed by atoms with Crippen molar-refractivity contribution in [2.75, 3.05) is 0 Å². The van der Waals surface area contributed by atoms with Crippen LogP contribution in [0.25, 0.3) is 0 Å². The normalized spacial score (nSPS) is 11.5. The summed E-state index contributed by atoms with van der Waals surface area (Å²) in [7, 11) is -4.20. The summed E-state index contributed by atoms with van der Waals surface area (Å²) in [5, 5.41) is -0.168. The van der Waals surface area contributed by atoms with E-state index in [9.17, 15) is 8.96 Å². The highest BCUT2D eigenvalue weighted by molar-refractivity contribution is 7.60. The molecule has 2 N–H and O–H groups in total. The molecular weight excluding hydrogens is 170 g/mol. The summed E-state index contributed by atoms with van der Waals surface area (Å²) < 4.78 is 22.7. The van der Waals surface area contributed by atoms with E-state index in [2.05, 4.69) is 0 Å². The van der Waals surface area contributed by atoms with Gasteiger partial charge in [-0.25, -0.2) is 4.39 Å². The summed E-state index contributed by atoms with van der Waals surface area (Å²) in [6.07, 6.45) is 0. The van der Waals surface area contributed by atoms with Crippen LogP contribution in [0, 0.1) is 5.82 Å². The second-order valence-electron chi connectivity index (χ2n) is 2.02. The predicted molar refractivity (Wildman–Crippen MR) is 38.1 cm³/mol. The molecule has 0 unspecified atom stereocenters. The van der Waals surface area contributed by atoms with Crippen LogP contribution in [-0.4, -0.2) is 9.79 Å². The zero-order valence-corrected chi connectivity index (χ0v) is 6.33. The Morgan fingerprint density at radius 3 is 2.00 bits per heavy atom. The van der Waals surface area contributed by atoms with E-state index < -0.39 is 13.4 Å². The fraction of sp³-hybridized carbons (Fsp3) is 0. The maximum absolute atomic E-state index is 12.2. The standard InChI is InChI=1S/C6H6FO3P/c7-5-1-3-6(4-2-5)11(8,9)10/h1-4H,(H2,8,9,10). The van der Waals surface area contributed by atoms with Crippen molar-refractivity contribution in [1.82, 2.24) is 0 Å². The number of rotatable bonds is 1. The molecule has 0 radical (unpaired) electrons. The molecule has 1 rings (SSSR count). The third-order valence-corrected chi connectivity index (χ3v) is 2.13. The summed E-state index contributed by atoms with van der Waals surface area (Å²) >= 11 is 0. The van der Waals surface area contributed by atoms with Gasteiger partial charge in [-0.05, 0) is 24.3 Å². The minimum absolute atomic E-state index is 0.168. The SMILES string of the molecule is O=P(O)(O)c1ccc(F)cc1. The molecule has 0 amide bonds. The fourth-order valence-electron chi connectivity index (χ4n) is 0.635. The third-order valence-electron chi connectivity index (χ3n) is 1.16. The number of hydrogen-bond donors (Lipinski definition) is 2. The van der Waals surface area contributed by atoms with Crippen LogP contribution in [0.1, 0.15) is 0 Å². The maximum atomic E-state index is 12.2. The first-order valence-electron chi connectivity index (χ1n) is 2.82. The zero-order chi connectivity index (χ0) is 8.48. The van der Waals surface area contributed by atoms with Gasteiger partial charge in [-0.15, -0.1) is 0 Å². The highest BCUT2D eigenvalue weighted by Crippen LogP contribution is 2.32. The molecule has 3 nitrogen and oxygen atoms in total. The van der Waals surface area contributed by atoms with Gasteiger partial charge in [0.15, 0.2) is 0 Å². The van der Waals surface area contributed by atoms with Gasteiger partial charge in [-0.2, -0.15) is 0 Å². The van der Waals surface area contributed by atoms with Gasteiger partial charge in [0.25, 0.3) is 0 Å².